The summed E-state index contributed by atoms with van der Waals surface area (Å²) in [5.74, 6) is 0.555. The maximum atomic E-state index is 9.82. The van der Waals surface area contributed by atoms with E-state index in [4.69, 9.17) is 0 Å². The minimum Gasteiger partial charge on any atom is -0.393 e. The fraction of sp³-hybridized carbons (Fsp3) is 1.00. The van der Waals surface area contributed by atoms with E-state index in [0.29, 0.717) is 11.3 Å². The van der Waals surface area contributed by atoms with Crippen molar-refractivity contribution in [1.29, 1.82) is 0 Å². The molecule has 2 heteroatoms. The third-order valence-corrected chi connectivity index (χ3v) is 4.09. The molecule has 1 heterocycles. The summed E-state index contributed by atoms with van der Waals surface area (Å²) >= 11 is 0. The molecule has 0 bridgehead atoms. The Morgan fingerprint density at radius 3 is 2.67 bits per heavy atom. The van der Waals surface area contributed by atoms with Crippen LogP contribution in [0.5, 0.6) is 0 Å². The van der Waals surface area contributed by atoms with Crippen LogP contribution < -0.4 is 0 Å². The van der Waals surface area contributed by atoms with E-state index in [1.807, 2.05) is 0 Å². The molecule has 2 rings (SSSR count). The molecule has 1 N–H and O–H groups in total. The van der Waals surface area contributed by atoms with Gasteiger partial charge in [0.15, 0.2) is 0 Å². The Hall–Kier alpha value is -0.0800. The highest BCUT2D eigenvalue weighted by Crippen LogP contribution is 2.31. The fourth-order valence-electron chi connectivity index (χ4n) is 3.26. The van der Waals surface area contributed by atoms with Crippen LogP contribution in [-0.2, 0) is 0 Å². The summed E-state index contributed by atoms with van der Waals surface area (Å²) in [6.07, 6.45) is 6.16. The smallest absolute Gasteiger partial charge is 0.0580 e. The van der Waals surface area contributed by atoms with Crippen molar-refractivity contribution < 1.29 is 5.11 Å². The van der Waals surface area contributed by atoms with Gasteiger partial charge < -0.3 is 10.0 Å². The molecule has 1 aliphatic carbocycles. The van der Waals surface area contributed by atoms with E-state index in [2.05, 4.69) is 18.7 Å². The number of rotatable bonds is 2. The van der Waals surface area contributed by atoms with E-state index in [1.165, 1.54) is 38.8 Å². The molecular weight excluding hydrogens is 186 g/mol. The van der Waals surface area contributed by atoms with Gasteiger partial charge in [-0.05, 0) is 43.6 Å². The van der Waals surface area contributed by atoms with Gasteiger partial charge in [-0.2, -0.15) is 0 Å². The molecule has 0 aromatic heterocycles. The van der Waals surface area contributed by atoms with Gasteiger partial charge in [-0.25, -0.2) is 0 Å². The summed E-state index contributed by atoms with van der Waals surface area (Å²) in [5.41, 5.74) is 0.488. The third kappa shape index (κ3) is 2.94. The second-order valence-corrected chi connectivity index (χ2v) is 6.26. The summed E-state index contributed by atoms with van der Waals surface area (Å²) in [6, 6.07) is 0. The molecule has 2 nitrogen and oxygen atoms in total. The molecule has 2 fully saturated rings. The van der Waals surface area contributed by atoms with Crippen LogP contribution in [0.3, 0.4) is 0 Å². The highest BCUT2D eigenvalue weighted by molar-refractivity contribution is 4.84. The Labute approximate surface area is 93.7 Å². The molecular formula is C13H25NO. The number of piperidine rings is 1. The van der Waals surface area contributed by atoms with Crippen LogP contribution >= 0.6 is 0 Å². The van der Waals surface area contributed by atoms with Crippen molar-refractivity contribution in [1.82, 2.24) is 4.90 Å². The zero-order chi connectivity index (χ0) is 10.9. The van der Waals surface area contributed by atoms with Crippen molar-refractivity contribution in [3.8, 4) is 0 Å². The van der Waals surface area contributed by atoms with Crippen LogP contribution in [0, 0.1) is 11.3 Å². The van der Waals surface area contributed by atoms with Gasteiger partial charge in [-0.15, -0.1) is 0 Å². The monoisotopic (exact) mass is 211 g/mol. The Balaban J connectivity index is 1.83. The lowest BCUT2D eigenvalue weighted by molar-refractivity contribution is 0.0629. The number of aliphatic hydroxyl groups excluding tert-OH is 1. The van der Waals surface area contributed by atoms with Crippen molar-refractivity contribution >= 4 is 0 Å². The number of nitrogens with zero attached hydrogens (tertiary/aromatic N) is 1. The highest BCUT2D eigenvalue weighted by atomic mass is 16.3. The Morgan fingerprint density at radius 1 is 1.27 bits per heavy atom. The van der Waals surface area contributed by atoms with Gasteiger partial charge >= 0.3 is 0 Å². The minimum absolute atomic E-state index is 0.0185. The third-order valence-electron chi connectivity index (χ3n) is 4.09. The number of hydrogen-bond donors (Lipinski definition) is 1. The topological polar surface area (TPSA) is 23.5 Å². The molecule has 2 unspecified atom stereocenters. The maximum absolute atomic E-state index is 9.82. The molecule has 15 heavy (non-hydrogen) atoms. The number of likely N-dealkylation sites (tertiary alicyclic amines) is 1. The molecule has 1 saturated heterocycles. The zero-order valence-electron chi connectivity index (χ0n) is 10.2. The lowest BCUT2D eigenvalue weighted by Crippen LogP contribution is -2.43. The van der Waals surface area contributed by atoms with E-state index >= 15 is 0 Å². The largest absolute Gasteiger partial charge is 0.393 e. The van der Waals surface area contributed by atoms with Crippen LogP contribution in [0.2, 0.25) is 0 Å². The van der Waals surface area contributed by atoms with E-state index < -0.39 is 0 Å². The fourth-order valence-corrected chi connectivity index (χ4v) is 3.26. The average Bonchev–Trinajstić information content (AvgIpc) is 2.50. The first-order valence-electron chi connectivity index (χ1n) is 6.47. The van der Waals surface area contributed by atoms with E-state index in [-0.39, 0.29) is 6.10 Å². The molecule has 0 aromatic rings. The Kier molecular flexibility index (Phi) is 3.36. The second-order valence-electron chi connectivity index (χ2n) is 6.26. The Bertz CT molecular complexity index is 215. The quantitative estimate of drug-likeness (QED) is 0.757. The van der Waals surface area contributed by atoms with Gasteiger partial charge in [0.05, 0.1) is 6.10 Å². The van der Waals surface area contributed by atoms with Crippen LogP contribution in [0.25, 0.3) is 0 Å². The van der Waals surface area contributed by atoms with Crippen molar-refractivity contribution in [2.45, 2.75) is 52.1 Å². The predicted molar refractivity (Wildman–Crippen MR) is 62.8 cm³/mol. The van der Waals surface area contributed by atoms with E-state index in [0.717, 1.165) is 13.0 Å². The molecule has 1 aliphatic heterocycles. The summed E-state index contributed by atoms with van der Waals surface area (Å²) in [6.45, 7) is 8.32. The zero-order valence-corrected chi connectivity index (χ0v) is 10.2. The molecule has 2 atom stereocenters. The van der Waals surface area contributed by atoms with E-state index in [1.54, 1.807) is 0 Å². The van der Waals surface area contributed by atoms with Gasteiger partial charge in [0.1, 0.15) is 0 Å². The first-order valence-corrected chi connectivity index (χ1v) is 6.47. The van der Waals surface area contributed by atoms with Crippen molar-refractivity contribution in [3.63, 3.8) is 0 Å². The number of aliphatic hydroxyl groups is 1. The van der Waals surface area contributed by atoms with Crippen molar-refractivity contribution in [2.75, 3.05) is 19.6 Å². The average molecular weight is 211 g/mol. The Morgan fingerprint density at radius 2 is 2.07 bits per heavy atom. The van der Waals surface area contributed by atoms with Crippen LogP contribution in [0.1, 0.15) is 46.0 Å². The van der Waals surface area contributed by atoms with Gasteiger partial charge in [-0.1, -0.05) is 20.3 Å². The molecule has 0 radical (unpaired) electrons. The molecule has 88 valence electrons. The van der Waals surface area contributed by atoms with Gasteiger partial charge in [-0.3, -0.25) is 0 Å². The van der Waals surface area contributed by atoms with E-state index in [9.17, 15) is 5.11 Å². The molecule has 0 aromatic carbocycles. The predicted octanol–water partition coefficient (Wildman–Crippen LogP) is 2.27. The first kappa shape index (κ1) is 11.4. The standard InChI is InChI=1S/C13H25NO/c1-13(2)7-4-8-14(10-13)9-11-5-3-6-12(11)15/h11-12,15H,3-10H2,1-2H3. The SMILES string of the molecule is CC1(C)CCCN(CC2CCCC2O)C1. The molecule has 1 saturated carbocycles. The van der Waals surface area contributed by atoms with Crippen LogP contribution in [-0.4, -0.2) is 35.7 Å². The summed E-state index contributed by atoms with van der Waals surface area (Å²) in [5, 5.41) is 9.82. The second kappa shape index (κ2) is 4.42. The summed E-state index contributed by atoms with van der Waals surface area (Å²) in [4.78, 5) is 2.57. The molecule has 0 spiro atoms. The van der Waals surface area contributed by atoms with Gasteiger partial charge in [0, 0.05) is 13.1 Å². The van der Waals surface area contributed by atoms with Crippen molar-refractivity contribution in [2.24, 2.45) is 11.3 Å². The normalized spacial score (nSPS) is 37.0. The van der Waals surface area contributed by atoms with Crippen LogP contribution in [0.4, 0.5) is 0 Å². The van der Waals surface area contributed by atoms with Gasteiger partial charge in [0.25, 0.3) is 0 Å². The first-order chi connectivity index (χ1) is 7.07. The lowest BCUT2D eigenvalue weighted by atomic mass is 9.84. The molecule has 2 aliphatic rings. The highest BCUT2D eigenvalue weighted by Gasteiger charge is 2.31. The molecule has 0 amide bonds. The maximum Gasteiger partial charge on any atom is 0.0580 e. The summed E-state index contributed by atoms with van der Waals surface area (Å²) < 4.78 is 0. The van der Waals surface area contributed by atoms with Gasteiger partial charge in [0.2, 0.25) is 0 Å². The van der Waals surface area contributed by atoms with Crippen LogP contribution in [0.15, 0.2) is 0 Å². The lowest BCUT2D eigenvalue weighted by Gasteiger charge is -2.39. The van der Waals surface area contributed by atoms with Crippen molar-refractivity contribution in [3.05, 3.63) is 0 Å². The number of hydrogen-bond acceptors (Lipinski definition) is 2. The summed E-state index contributed by atoms with van der Waals surface area (Å²) in [7, 11) is 0. The minimum atomic E-state index is -0.0185.